The second kappa shape index (κ2) is 15.4. The number of unbranched alkanes of at least 4 members (excludes halogenated alkanes) is 4. The SMILES string of the molecule is C=C(CO)C(=O)Oc1ccc(OC(=O)C(=C)CO)c(-c2ccc(C3CCC(CCCCCCC)CC3)cc2)c1. The molecule has 6 heteroatoms. The lowest BCUT2D eigenvalue weighted by molar-refractivity contribution is -0.131. The van der Waals surface area contributed by atoms with E-state index in [2.05, 4.69) is 32.2 Å². The van der Waals surface area contributed by atoms with Crippen LogP contribution in [-0.4, -0.2) is 35.4 Å². The van der Waals surface area contributed by atoms with Crippen molar-refractivity contribution < 1.29 is 29.3 Å². The van der Waals surface area contributed by atoms with E-state index in [1.165, 1.54) is 81.9 Å². The molecule has 2 N–H and O–H groups in total. The smallest absolute Gasteiger partial charge is 0.341 e. The molecule has 0 unspecified atom stereocenters. The van der Waals surface area contributed by atoms with Gasteiger partial charge in [0.25, 0.3) is 0 Å². The van der Waals surface area contributed by atoms with Crippen LogP contribution in [0.2, 0.25) is 0 Å². The van der Waals surface area contributed by atoms with E-state index in [1.807, 2.05) is 12.1 Å². The first kappa shape index (κ1) is 30.3. The average Bonchev–Trinajstić information content (AvgIpc) is 2.97. The summed E-state index contributed by atoms with van der Waals surface area (Å²) in [7, 11) is 0. The molecule has 2 aromatic carbocycles. The van der Waals surface area contributed by atoms with Crippen LogP contribution in [0.25, 0.3) is 11.1 Å². The van der Waals surface area contributed by atoms with Crippen molar-refractivity contribution in [3.05, 3.63) is 72.3 Å². The normalized spacial score (nSPS) is 16.9. The van der Waals surface area contributed by atoms with Gasteiger partial charge in [-0.1, -0.05) is 82.9 Å². The lowest BCUT2D eigenvalue weighted by Crippen LogP contribution is -2.14. The van der Waals surface area contributed by atoms with Crippen LogP contribution in [0.15, 0.2) is 66.8 Å². The average molecular weight is 535 g/mol. The van der Waals surface area contributed by atoms with Crippen molar-refractivity contribution in [2.45, 2.75) is 77.0 Å². The van der Waals surface area contributed by atoms with Crippen molar-refractivity contribution >= 4 is 11.9 Å². The van der Waals surface area contributed by atoms with Crippen LogP contribution in [0.5, 0.6) is 11.5 Å². The minimum atomic E-state index is -0.742. The Kier molecular flexibility index (Phi) is 12.0. The van der Waals surface area contributed by atoms with Crippen molar-refractivity contribution in [2.24, 2.45) is 5.92 Å². The molecule has 2 aromatic rings. The molecule has 39 heavy (non-hydrogen) atoms. The highest BCUT2D eigenvalue weighted by Crippen LogP contribution is 2.40. The molecule has 3 rings (SSSR count). The molecule has 210 valence electrons. The summed E-state index contributed by atoms with van der Waals surface area (Å²) < 4.78 is 10.8. The Morgan fingerprint density at radius 2 is 1.44 bits per heavy atom. The van der Waals surface area contributed by atoms with Crippen LogP contribution in [0.4, 0.5) is 0 Å². The van der Waals surface area contributed by atoms with Gasteiger partial charge >= 0.3 is 11.9 Å². The van der Waals surface area contributed by atoms with Gasteiger partial charge in [0, 0.05) is 5.56 Å². The van der Waals surface area contributed by atoms with Crippen LogP contribution in [0.1, 0.15) is 82.6 Å². The minimum absolute atomic E-state index is 0.0670. The molecule has 1 fully saturated rings. The first-order valence-electron chi connectivity index (χ1n) is 14.1. The summed E-state index contributed by atoms with van der Waals surface area (Å²) in [4.78, 5) is 24.4. The molecular weight excluding hydrogens is 492 g/mol. The van der Waals surface area contributed by atoms with Gasteiger partial charge in [0.1, 0.15) is 11.5 Å². The third kappa shape index (κ3) is 8.91. The van der Waals surface area contributed by atoms with E-state index in [0.29, 0.717) is 11.5 Å². The van der Waals surface area contributed by atoms with Crippen LogP contribution in [0.3, 0.4) is 0 Å². The molecule has 0 amide bonds. The first-order chi connectivity index (χ1) is 18.9. The summed E-state index contributed by atoms with van der Waals surface area (Å²) in [5, 5.41) is 18.4. The predicted molar refractivity (Wildman–Crippen MR) is 154 cm³/mol. The summed E-state index contributed by atoms with van der Waals surface area (Å²) >= 11 is 0. The fourth-order valence-corrected chi connectivity index (χ4v) is 5.12. The summed E-state index contributed by atoms with van der Waals surface area (Å²) in [6.07, 6.45) is 13.0. The van der Waals surface area contributed by atoms with Crippen molar-refractivity contribution in [2.75, 3.05) is 13.2 Å². The van der Waals surface area contributed by atoms with Crippen LogP contribution in [0, 0.1) is 5.92 Å². The molecule has 0 bridgehead atoms. The van der Waals surface area contributed by atoms with E-state index in [1.54, 1.807) is 6.07 Å². The molecule has 0 saturated heterocycles. The summed E-state index contributed by atoms with van der Waals surface area (Å²) in [6, 6.07) is 12.8. The highest BCUT2D eigenvalue weighted by atomic mass is 16.5. The van der Waals surface area contributed by atoms with Gasteiger partial charge in [-0.05, 0) is 66.8 Å². The predicted octanol–water partition coefficient (Wildman–Crippen LogP) is 6.90. The maximum absolute atomic E-state index is 12.3. The standard InChI is InChI=1S/C33H42O6/c1-4-5-6-7-8-9-25-10-12-26(13-11-25)27-14-16-28(17-15-27)30-20-29(38-32(36)23(2)21-34)18-19-31(30)39-33(37)24(3)22-35/h14-20,25-26,34-35H,2-13,21-22H2,1H3. The fourth-order valence-electron chi connectivity index (χ4n) is 5.12. The number of benzene rings is 2. The first-order valence-corrected chi connectivity index (χ1v) is 14.1. The maximum Gasteiger partial charge on any atom is 0.341 e. The number of carbonyl (C=O) groups excluding carboxylic acids is 2. The largest absolute Gasteiger partial charge is 0.423 e. The number of ether oxygens (including phenoxy) is 2. The Bertz CT molecular complexity index is 1130. The molecule has 0 heterocycles. The number of aliphatic hydroxyl groups excluding tert-OH is 2. The van der Waals surface area contributed by atoms with Crippen molar-refractivity contribution in [1.29, 1.82) is 0 Å². The van der Waals surface area contributed by atoms with E-state index in [9.17, 15) is 14.7 Å². The molecule has 0 atom stereocenters. The second-order valence-electron chi connectivity index (χ2n) is 10.5. The summed E-state index contributed by atoms with van der Waals surface area (Å²) in [5.74, 6) is 0.382. The van der Waals surface area contributed by atoms with Crippen LogP contribution >= 0.6 is 0 Å². The molecule has 0 spiro atoms. The molecule has 0 aliphatic heterocycles. The van der Waals surface area contributed by atoms with Gasteiger partial charge in [0.05, 0.1) is 24.4 Å². The van der Waals surface area contributed by atoms with Crippen LogP contribution < -0.4 is 9.47 Å². The molecule has 1 saturated carbocycles. The van der Waals surface area contributed by atoms with Gasteiger partial charge in [-0.15, -0.1) is 0 Å². The van der Waals surface area contributed by atoms with Gasteiger partial charge in [0.2, 0.25) is 0 Å². The third-order valence-corrected chi connectivity index (χ3v) is 7.58. The number of hydrogen-bond acceptors (Lipinski definition) is 6. The molecular formula is C33H42O6. The van der Waals surface area contributed by atoms with Gasteiger partial charge < -0.3 is 19.7 Å². The lowest BCUT2D eigenvalue weighted by Gasteiger charge is -2.29. The molecule has 1 aliphatic carbocycles. The Morgan fingerprint density at radius 1 is 0.821 bits per heavy atom. The van der Waals surface area contributed by atoms with Gasteiger partial charge in [-0.3, -0.25) is 0 Å². The van der Waals surface area contributed by atoms with Crippen molar-refractivity contribution in [3.8, 4) is 22.6 Å². The van der Waals surface area contributed by atoms with E-state index in [-0.39, 0.29) is 22.6 Å². The van der Waals surface area contributed by atoms with Gasteiger partial charge in [-0.2, -0.15) is 0 Å². The zero-order chi connectivity index (χ0) is 28.2. The Hall–Kier alpha value is -3.22. The highest BCUT2D eigenvalue weighted by molar-refractivity contribution is 5.92. The highest BCUT2D eigenvalue weighted by Gasteiger charge is 2.23. The van der Waals surface area contributed by atoms with Gasteiger partial charge in [-0.25, -0.2) is 9.59 Å². The number of carbonyl (C=O) groups is 2. The summed E-state index contributed by atoms with van der Waals surface area (Å²) in [6.45, 7) is 8.26. The maximum atomic E-state index is 12.3. The zero-order valence-corrected chi connectivity index (χ0v) is 23.1. The van der Waals surface area contributed by atoms with Crippen LogP contribution in [-0.2, 0) is 9.59 Å². The van der Waals surface area contributed by atoms with E-state index in [0.717, 1.165) is 11.5 Å². The quantitative estimate of drug-likeness (QED) is 0.119. The number of aliphatic hydroxyl groups is 2. The molecule has 0 aromatic heterocycles. The second-order valence-corrected chi connectivity index (χ2v) is 10.5. The zero-order valence-electron chi connectivity index (χ0n) is 23.1. The van der Waals surface area contributed by atoms with E-state index in [4.69, 9.17) is 14.6 Å². The Morgan fingerprint density at radius 3 is 2.05 bits per heavy atom. The fraction of sp³-hybridized carbons (Fsp3) is 0.455. The molecule has 1 aliphatic rings. The number of rotatable bonds is 14. The minimum Gasteiger partial charge on any atom is -0.423 e. The number of hydrogen-bond donors (Lipinski definition) is 2. The van der Waals surface area contributed by atoms with E-state index >= 15 is 0 Å². The Labute approximate surface area is 232 Å². The number of esters is 2. The van der Waals surface area contributed by atoms with Crippen molar-refractivity contribution in [3.63, 3.8) is 0 Å². The monoisotopic (exact) mass is 534 g/mol. The van der Waals surface area contributed by atoms with Gasteiger partial charge in [0.15, 0.2) is 0 Å². The third-order valence-electron chi connectivity index (χ3n) is 7.58. The topological polar surface area (TPSA) is 93.1 Å². The lowest BCUT2D eigenvalue weighted by atomic mass is 9.77. The molecule has 0 radical (unpaired) electrons. The van der Waals surface area contributed by atoms with E-state index < -0.39 is 25.2 Å². The van der Waals surface area contributed by atoms with Crippen molar-refractivity contribution in [1.82, 2.24) is 0 Å². The Balaban J connectivity index is 1.72. The molecule has 6 nitrogen and oxygen atoms in total. The summed E-state index contributed by atoms with van der Waals surface area (Å²) in [5.41, 5.74) is 2.50.